The normalized spacial score (nSPS) is 3.50. The molecule has 0 aliphatic heterocycles. The van der Waals surface area contributed by atoms with Gasteiger partial charge < -0.3 is 0 Å². The average molecular weight is 232 g/mol. The van der Waals surface area contributed by atoms with Gasteiger partial charge in [0.05, 0.1) is 0 Å². The Morgan fingerprint density at radius 1 is 1.10 bits per heavy atom. The first-order valence-electron chi connectivity index (χ1n) is 1.90. The summed E-state index contributed by atoms with van der Waals surface area (Å²) in [6, 6.07) is 0. The van der Waals surface area contributed by atoms with E-state index < -0.39 is 0 Å². The second kappa shape index (κ2) is 163. The van der Waals surface area contributed by atoms with Crippen LogP contribution in [0.2, 0.25) is 0 Å². The Morgan fingerprint density at radius 2 is 1.10 bits per heavy atom. The van der Waals surface area contributed by atoms with Gasteiger partial charge in [0.15, 0.2) is 0 Å². The van der Waals surface area contributed by atoms with Gasteiger partial charge in [-0.2, -0.15) is 0 Å². The molecule has 0 radical (unpaired) electrons. The molecule has 0 aromatic rings. The Morgan fingerprint density at radius 3 is 1.10 bits per heavy atom. The third-order valence-corrected chi connectivity index (χ3v) is 0. The summed E-state index contributed by atoms with van der Waals surface area (Å²) in [5.41, 5.74) is 0. The van der Waals surface area contributed by atoms with Gasteiger partial charge in [-0.15, -0.1) is 0 Å². The van der Waals surface area contributed by atoms with Crippen molar-refractivity contribution in [3.8, 4) is 0 Å². The summed E-state index contributed by atoms with van der Waals surface area (Å²) in [5, 5.41) is 0. The molecule has 4 heteroatoms. The summed E-state index contributed by atoms with van der Waals surface area (Å²) in [7, 11) is 0. The van der Waals surface area contributed by atoms with E-state index >= 15 is 0 Å². The van der Waals surface area contributed by atoms with Gasteiger partial charge in [0.2, 0.25) is 0 Å². The summed E-state index contributed by atoms with van der Waals surface area (Å²) < 4.78 is 15.8. The Labute approximate surface area is 78.1 Å². The van der Waals surface area contributed by atoms with Gasteiger partial charge in [-0.05, 0) is 0 Å². The molecule has 10 heavy (non-hydrogen) atoms. The molecule has 0 rings (SSSR count). The molecular formula is C6H10CoNiO2-2. The zero-order valence-electron chi connectivity index (χ0n) is 5.45. The minimum atomic E-state index is 1.50. The van der Waals surface area contributed by atoms with E-state index in [4.69, 9.17) is 7.76 Å². The maximum atomic E-state index is 7.94. The fraction of sp³-hybridized carbons (Fsp3) is 0. The summed E-state index contributed by atoms with van der Waals surface area (Å²) in [4.78, 5) is 0. The summed E-state index contributed by atoms with van der Waals surface area (Å²) in [6.45, 7) is 13.0. The zero-order chi connectivity index (χ0) is 9.41. The Bertz CT molecular complexity index is 51.7. The number of hydrogen-bond acceptors (Lipinski definition) is 2. The van der Waals surface area contributed by atoms with Crippen LogP contribution in [-0.4, -0.2) is 0 Å². The van der Waals surface area contributed by atoms with Gasteiger partial charge in [0.25, 0.3) is 0 Å². The molecular weight excluding hydrogens is 222 g/mol. The molecule has 0 bridgehead atoms. The van der Waals surface area contributed by atoms with E-state index in [2.05, 4.69) is 58.1 Å². The van der Waals surface area contributed by atoms with E-state index in [1.165, 1.54) is 12.2 Å². The third kappa shape index (κ3) is 11200. The van der Waals surface area contributed by atoms with Gasteiger partial charge in [-0.1, -0.05) is 0 Å². The molecule has 0 N–H and O–H groups in total. The van der Waals surface area contributed by atoms with Crippen molar-refractivity contribution >= 4 is 0 Å². The minimum absolute atomic E-state index is 1.50. The summed E-state index contributed by atoms with van der Waals surface area (Å²) in [5.74, 6) is 0. The van der Waals surface area contributed by atoms with E-state index in [0.29, 0.717) is 0 Å². The SMILES string of the molecule is C=C[CH2-].C=C[CH2-].[O]=[Co].[O]=[Ni]. The van der Waals surface area contributed by atoms with E-state index in [-0.39, 0.29) is 0 Å². The van der Waals surface area contributed by atoms with Crippen LogP contribution < -0.4 is 0 Å². The monoisotopic (exact) mass is 231 g/mol. The summed E-state index contributed by atoms with van der Waals surface area (Å²) in [6.07, 6.45) is 3.00. The van der Waals surface area contributed by atoms with E-state index in [1.54, 1.807) is 0 Å². The second-order valence-electron chi connectivity index (χ2n) is 0.577. The number of hydrogen-bond donors (Lipinski definition) is 0. The van der Waals surface area contributed by atoms with Crippen LogP contribution in [0.15, 0.2) is 25.3 Å². The molecule has 0 aliphatic rings. The molecule has 0 amide bonds. The predicted molar refractivity (Wildman–Crippen MR) is 32.5 cm³/mol. The van der Waals surface area contributed by atoms with Gasteiger partial charge in [0, 0.05) is 0 Å². The van der Waals surface area contributed by atoms with Gasteiger partial charge in [-0.3, -0.25) is 0 Å². The maximum absolute atomic E-state index is 7.94. The quantitative estimate of drug-likeness (QED) is 0.471. The van der Waals surface area contributed by atoms with Crippen molar-refractivity contribution in [2.45, 2.75) is 0 Å². The van der Waals surface area contributed by atoms with Crippen LogP contribution in [0.5, 0.6) is 0 Å². The van der Waals surface area contributed by atoms with Gasteiger partial charge in [0.1, 0.15) is 0 Å². The first kappa shape index (κ1) is 22.6. The fourth-order valence-corrected chi connectivity index (χ4v) is 0. The third-order valence-electron chi connectivity index (χ3n) is 0. The molecule has 0 spiro atoms. The van der Waals surface area contributed by atoms with Crippen LogP contribution in [0.1, 0.15) is 0 Å². The average Bonchev–Trinajstić information content (AvgIpc) is 1.99. The topological polar surface area (TPSA) is 34.1 Å². The first-order valence-corrected chi connectivity index (χ1v) is 2.73. The molecule has 0 heterocycles. The molecule has 67 valence electrons. The standard InChI is InChI=1S/2C3H5.Co.Ni.2O/c2*1-3-2;;;;/h2*3H,1-2H2;;;;/q2*-1;;;;. The number of allylic oxidation sites excluding steroid dienone is 2. The van der Waals surface area contributed by atoms with Crippen LogP contribution in [0.4, 0.5) is 0 Å². The van der Waals surface area contributed by atoms with Crippen molar-refractivity contribution in [3.05, 3.63) is 39.2 Å². The predicted octanol–water partition coefficient (Wildman–Crippen LogP) is 1.77. The molecule has 0 aliphatic carbocycles. The van der Waals surface area contributed by atoms with Gasteiger partial charge in [-0.25, -0.2) is 39.2 Å². The molecule has 0 aromatic carbocycles. The van der Waals surface area contributed by atoms with Crippen molar-refractivity contribution < 1.29 is 38.8 Å². The molecule has 0 aromatic heterocycles. The van der Waals surface area contributed by atoms with Crippen molar-refractivity contribution in [3.63, 3.8) is 0 Å². The van der Waals surface area contributed by atoms with Crippen molar-refractivity contribution in [1.82, 2.24) is 0 Å². The fourth-order valence-electron chi connectivity index (χ4n) is 0. The molecule has 0 saturated heterocycles. The number of rotatable bonds is 0. The Hall–Kier alpha value is -0.180. The zero-order valence-corrected chi connectivity index (χ0v) is 7.48. The summed E-state index contributed by atoms with van der Waals surface area (Å²) >= 11 is 4.94. The van der Waals surface area contributed by atoms with Crippen molar-refractivity contribution in [2.75, 3.05) is 0 Å². The van der Waals surface area contributed by atoms with E-state index in [0.717, 1.165) is 0 Å². The van der Waals surface area contributed by atoms with Crippen LogP contribution >= 0.6 is 0 Å². The molecule has 0 atom stereocenters. The van der Waals surface area contributed by atoms with Crippen LogP contribution in [0.25, 0.3) is 0 Å². The second-order valence-corrected chi connectivity index (χ2v) is 0.577. The van der Waals surface area contributed by atoms with Crippen LogP contribution in [0.3, 0.4) is 0 Å². The van der Waals surface area contributed by atoms with Crippen LogP contribution in [0, 0.1) is 13.8 Å². The van der Waals surface area contributed by atoms with Crippen molar-refractivity contribution in [1.29, 1.82) is 0 Å². The molecule has 0 unspecified atom stereocenters. The van der Waals surface area contributed by atoms with Crippen molar-refractivity contribution in [2.24, 2.45) is 0 Å². The van der Waals surface area contributed by atoms with Gasteiger partial charge >= 0.3 is 38.8 Å². The molecule has 2 nitrogen and oxygen atoms in total. The molecule has 0 saturated carbocycles. The Balaban J connectivity index is -0.0000000246. The van der Waals surface area contributed by atoms with E-state index in [9.17, 15) is 0 Å². The van der Waals surface area contributed by atoms with E-state index in [1.807, 2.05) is 0 Å². The molecule has 0 fully saturated rings. The first-order chi connectivity index (χ1) is 4.83. The Kier molecular flexibility index (Phi) is 367. The van der Waals surface area contributed by atoms with Crippen LogP contribution in [-0.2, 0) is 38.8 Å².